The van der Waals surface area contributed by atoms with Gasteiger partial charge in [-0.2, -0.15) is 0 Å². The van der Waals surface area contributed by atoms with Crippen molar-refractivity contribution in [3.8, 4) is 10.7 Å². The first kappa shape index (κ1) is 11.0. The van der Waals surface area contributed by atoms with E-state index in [9.17, 15) is 4.79 Å². The van der Waals surface area contributed by atoms with Gasteiger partial charge in [0.1, 0.15) is 5.69 Å². The van der Waals surface area contributed by atoms with Crippen molar-refractivity contribution in [2.75, 3.05) is 7.11 Å². The third-order valence-electron chi connectivity index (χ3n) is 2.69. The molecule has 0 fully saturated rings. The van der Waals surface area contributed by atoms with Crippen molar-refractivity contribution in [2.45, 2.75) is 0 Å². The second-order valence-electron chi connectivity index (χ2n) is 3.72. The number of ether oxygens (including phenoxy) is 1. The molecule has 90 valence electrons. The van der Waals surface area contributed by atoms with Gasteiger partial charge in [-0.3, -0.25) is 4.40 Å². The lowest BCUT2D eigenvalue weighted by Crippen LogP contribution is -2.08. The normalized spacial score (nSPS) is 10.7. The summed E-state index contributed by atoms with van der Waals surface area (Å²) >= 11 is 1.59. The zero-order valence-electron chi connectivity index (χ0n) is 9.66. The Morgan fingerprint density at radius 2 is 2.22 bits per heavy atom. The van der Waals surface area contributed by atoms with E-state index in [1.165, 1.54) is 7.11 Å². The number of aromatic nitrogens is 2. The topological polar surface area (TPSA) is 43.6 Å². The van der Waals surface area contributed by atoms with Crippen LogP contribution in [0.3, 0.4) is 0 Å². The smallest absolute Gasteiger partial charge is 0.355 e. The number of hydrogen-bond acceptors (Lipinski definition) is 4. The number of hydrogen-bond donors (Lipinski definition) is 0. The summed E-state index contributed by atoms with van der Waals surface area (Å²) in [5.74, 6) is 0.400. The Labute approximate surface area is 107 Å². The standard InChI is InChI=1S/C13H10N2O2S/c1-17-13(16)10-5-2-4-9-8-14-12(15(9)10)11-6-3-7-18-11/h2-8H,1H3. The van der Waals surface area contributed by atoms with Crippen LogP contribution in [-0.4, -0.2) is 22.5 Å². The molecule has 0 N–H and O–H groups in total. The molecule has 0 atom stereocenters. The van der Waals surface area contributed by atoms with E-state index in [0.717, 1.165) is 16.2 Å². The first-order valence-corrected chi connectivity index (χ1v) is 6.28. The lowest BCUT2D eigenvalue weighted by Gasteiger charge is -2.05. The van der Waals surface area contributed by atoms with Gasteiger partial charge < -0.3 is 4.74 Å². The fraction of sp³-hybridized carbons (Fsp3) is 0.0769. The molecule has 0 spiro atoms. The molecule has 5 heteroatoms. The molecular formula is C13H10N2O2S. The average molecular weight is 258 g/mol. The van der Waals surface area contributed by atoms with E-state index in [4.69, 9.17) is 4.74 Å². The maximum Gasteiger partial charge on any atom is 0.355 e. The third kappa shape index (κ3) is 1.60. The van der Waals surface area contributed by atoms with Crippen LogP contribution in [0.4, 0.5) is 0 Å². The number of pyridine rings is 1. The van der Waals surface area contributed by atoms with Crippen molar-refractivity contribution in [2.24, 2.45) is 0 Å². The quantitative estimate of drug-likeness (QED) is 0.664. The molecule has 3 rings (SSSR count). The van der Waals surface area contributed by atoms with E-state index in [1.807, 2.05) is 34.0 Å². The lowest BCUT2D eigenvalue weighted by molar-refractivity contribution is 0.0592. The molecule has 0 bridgehead atoms. The molecule has 0 saturated heterocycles. The number of fused-ring (bicyclic) bond motifs is 1. The first-order chi connectivity index (χ1) is 8.81. The van der Waals surface area contributed by atoms with E-state index in [2.05, 4.69) is 4.98 Å². The Balaban J connectivity index is 2.31. The van der Waals surface area contributed by atoms with E-state index in [0.29, 0.717) is 5.69 Å². The number of imidazole rings is 1. The predicted molar refractivity (Wildman–Crippen MR) is 69.8 cm³/mol. The summed E-state index contributed by atoms with van der Waals surface area (Å²) in [5.41, 5.74) is 1.36. The van der Waals surface area contributed by atoms with E-state index < -0.39 is 0 Å². The summed E-state index contributed by atoms with van der Waals surface area (Å²) in [7, 11) is 1.38. The highest BCUT2D eigenvalue weighted by Crippen LogP contribution is 2.25. The summed E-state index contributed by atoms with van der Waals surface area (Å²) in [5, 5.41) is 1.98. The highest BCUT2D eigenvalue weighted by molar-refractivity contribution is 7.13. The number of rotatable bonds is 2. The van der Waals surface area contributed by atoms with Gasteiger partial charge in [0.15, 0.2) is 5.82 Å². The number of nitrogens with zero attached hydrogens (tertiary/aromatic N) is 2. The Bertz CT molecular complexity index is 701. The van der Waals surface area contributed by atoms with Crippen molar-refractivity contribution in [1.82, 2.24) is 9.38 Å². The van der Waals surface area contributed by atoms with Gasteiger partial charge in [-0.25, -0.2) is 9.78 Å². The van der Waals surface area contributed by atoms with Crippen molar-refractivity contribution >= 4 is 22.8 Å². The van der Waals surface area contributed by atoms with Crippen LogP contribution < -0.4 is 0 Å². The molecule has 3 aromatic rings. The fourth-order valence-electron chi connectivity index (χ4n) is 1.89. The molecule has 0 radical (unpaired) electrons. The number of carbonyl (C=O) groups is 1. The molecule has 3 heterocycles. The van der Waals surface area contributed by atoms with Crippen LogP contribution in [-0.2, 0) is 4.74 Å². The molecule has 0 unspecified atom stereocenters. The Hall–Kier alpha value is -2.14. The van der Waals surface area contributed by atoms with Crippen LogP contribution in [0.25, 0.3) is 16.2 Å². The first-order valence-electron chi connectivity index (χ1n) is 5.40. The highest BCUT2D eigenvalue weighted by atomic mass is 32.1. The average Bonchev–Trinajstić information content (AvgIpc) is 3.05. The SMILES string of the molecule is COC(=O)c1cccc2cnc(-c3cccs3)n12. The second kappa shape index (κ2) is 4.27. The Kier molecular flexibility index (Phi) is 2.60. The van der Waals surface area contributed by atoms with Crippen LogP contribution in [0.2, 0.25) is 0 Å². The molecule has 0 aromatic carbocycles. The second-order valence-corrected chi connectivity index (χ2v) is 4.67. The van der Waals surface area contributed by atoms with Gasteiger partial charge in [0.25, 0.3) is 0 Å². The molecule has 4 nitrogen and oxygen atoms in total. The molecular weight excluding hydrogens is 248 g/mol. The minimum atomic E-state index is -0.364. The maximum absolute atomic E-state index is 11.8. The summed E-state index contributed by atoms with van der Waals surface area (Å²) < 4.78 is 6.62. The van der Waals surface area contributed by atoms with Gasteiger partial charge in [0.05, 0.1) is 23.7 Å². The van der Waals surface area contributed by atoms with Crippen molar-refractivity contribution in [3.05, 3.63) is 47.6 Å². The number of methoxy groups -OCH3 is 1. The number of carbonyl (C=O) groups excluding carboxylic acids is 1. The predicted octanol–water partition coefficient (Wildman–Crippen LogP) is 2.85. The summed E-state index contributed by atoms with van der Waals surface area (Å²) in [6, 6.07) is 9.41. The maximum atomic E-state index is 11.8. The largest absolute Gasteiger partial charge is 0.464 e. The van der Waals surface area contributed by atoms with Crippen molar-refractivity contribution < 1.29 is 9.53 Å². The Morgan fingerprint density at radius 3 is 2.94 bits per heavy atom. The summed E-state index contributed by atoms with van der Waals surface area (Å²) in [6.45, 7) is 0. The molecule has 0 aliphatic heterocycles. The van der Waals surface area contributed by atoms with Crippen LogP contribution in [0.1, 0.15) is 10.5 Å². The fourth-order valence-corrected chi connectivity index (χ4v) is 2.60. The number of esters is 1. The van der Waals surface area contributed by atoms with Crippen LogP contribution in [0.15, 0.2) is 41.9 Å². The van der Waals surface area contributed by atoms with Crippen LogP contribution in [0, 0.1) is 0 Å². The summed E-state index contributed by atoms with van der Waals surface area (Å²) in [6.07, 6.45) is 1.75. The molecule has 0 aliphatic rings. The van der Waals surface area contributed by atoms with Crippen molar-refractivity contribution in [3.63, 3.8) is 0 Å². The monoisotopic (exact) mass is 258 g/mol. The molecule has 0 saturated carbocycles. The lowest BCUT2D eigenvalue weighted by atomic mass is 10.3. The van der Waals surface area contributed by atoms with Gasteiger partial charge >= 0.3 is 5.97 Å². The van der Waals surface area contributed by atoms with E-state index in [-0.39, 0.29) is 5.97 Å². The van der Waals surface area contributed by atoms with Crippen LogP contribution >= 0.6 is 11.3 Å². The Morgan fingerprint density at radius 1 is 1.33 bits per heavy atom. The zero-order chi connectivity index (χ0) is 12.5. The van der Waals surface area contributed by atoms with E-state index in [1.54, 1.807) is 23.6 Å². The molecule has 3 aromatic heterocycles. The van der Waals surface area contributed by atoms with Gasteiger partial charge in [0, 0.05) is 0 Å². The van der Waals surface area contributed by atoms with Gasteiger partial charge in [0.2, 0.25) is 0 Å². The van der Waals surface area contributed by atoms with Crippen molar-refractivity contribution in [1.29, 1.82) is 0 Å². The zero-order valence-corrected chi connectivity index (χ0v) is 10.5. The highest BCUT2D eigenvalue weighted by Gasteiger charge is 2.15. The minimum absolute atomic E-state index is 0.364. The van der Waals surface area contributed by atoms with Gasteiger partial charge in [-0.1, -0.05) is 12.1 Å². The van der Waals surface area contributed by atoms with E-state index >= 15 is 0 Å². The molecule has 18 heavy (non-hydrogen) atoms. The van der Waals surface area contributed by atoms with Gasteiger partial charge in [-0.05, 0) is 23.6 Å². The third-order valence-corrected chi connectivity index (χ3v) is 3.55. The molecule has 0 aliphatic carbocycles. The number of thiophene rings is 1. The minimum Gasteiger partial charge on any atom is -0.464 e. The van der Waals surface area contributed by atoms with Crippen LogP contribution in [0.5, 0.6) is 0 Å². The molecule has 0 amide bonds. The van der Waals surface area contributed by atoms with Gasteiger partial charge in [-0.15, -0.1) is 11.3 Å². The summed E-state index contributed by atoms with van der Waals surface area (Å²) in [4.78, 5) is 17.2.